The summed E-state index contributed by atoms with van der Waals surface area (Å²) in [4.78, 5) is 4.00. The topological polar surface area (TPSA) is 55.9 Å². The van der Waals surface area contributed by atoms with E-state index in [4.69, 9.17) is 17.3 Å². The molecule has 17 heavy (non-hydrogen) atoms. The van der Waals surface area contributed by atoms with Gasteiger partial charge in [0.05, 0.1) is 22.7 Å². The van der Waals surface area contributed by atoms with Crippen LogP contribution < -0.4 is 11.1 Å². The number of nitrogens with two attached hydrogens (primary N) is 1. The average Bonchev–Trinajstić information content (AvgIpc) is 2.76. The van der Waals surface area contributed by atoms with Crippen molar-refractivity contribution in [2.45, 2.75) is 19.5 Å². The van der Waals surface area contributed by atoms with Crippen molar-refractivity contribution in [2.24, 2.45) is 0 Å². The number of para-hydroxylation sites is 1. The third-order valence-corrected chi connectivity index (χ3v) is 2.80. The zero-order valence-electron chi connectivity index (χ0n) is 9.60. The van der Waals surface area contributed by atoms with E-state index in [-0.39, 0.29) is 6.04 Å². The van der Waals surface area contributed by atoms with Gasteiger partial charge in [0.2, 0.25) is 0 Å². The molecule has 5 heteroatoms. The van der Waals surface area contributed by atoms with Crippen LogP contribution in [0.15, 0.2) is 36.9 Å². The molecule has 2 rings (SSSR count). The Kier molecular flexibility index (Phi) is 3.54. The van der Waals surface area contributed by atoms with Crippen LogP contribution in [0.1, 0.15) is 6.92 Å². The lowest BCUT2D eigenvalue weighted by atomic mass is 10.2. The van der Waals surface area contributed by atoms with Crippen LogP contribution in [0.2, 0.25) is 5.02 Å². The highest BCUT2D eigenvalue weighted by atomic mass is 35.5. The van der Waals surface area contributed by atoms with Crippen LogP contribution in [0.25, 0.3) is 0 Å². The summed E-state index contributed by atoms with van der Waals surface area (Å²) in [7, 11) is 0. The van der Waals surface area contributed by atoms with Crippen LogP contribution in [-0.4, -0.2) is 15.6 Å². The molecule has 1 atom stereocenters. The van der Waals surface area contributed by atoms with E-state index < -0.39 is 0 Å². The van der Waals surface area contributed by atoms with Crippen molar-refractivity contribution < 1.29 is 0 Å². The fourth-order valence-corrected chi connectivity index (χ4v) is 1.93. The van der Waals surface area contributed by atoms with E-state index in [1.54, 1.807) is 12.5 Å². The monoisotopic (exact) mass is 250 g/mol. The van der Waals surface area contributed by atoms with Crippen LogP contribution in [0, 0.1) is 0 Å². The normalized spacial score (nSPS) is 12.4. The molecule has 1 unspecified atom stereocenters. The standard InChI is InChI=1S/C12H15ClN4/c1-9(7-17-6-5-15-8-17)16-12-10(13)3-2-4-11(12)14/h2-6,8-9,16H,7,14H2,1H3. The molecule has 0 radical (unpaired) electrons. The lowest BCUT2D eigenvalue weighted by molar-refractivity contribution is 0.619. The molecule has 1 aromatic heterocycles. The Labute approximate surface area is 105 Å². The lowest BCUT2D eigenvalue weighted by Gasteiger charge is -2.18. The minimum atomic E-state index is 0.214. The maximum Gasteiger partial charge on any atom is 0.0946 e. The fraction of sp³-hybridized carbons (Fsp3) is 0.250. The van der Waals surface area contributed by atoms with E-state index in [1.807, 2.05) is 29.0 Å². The number of imidazole rings is 1. The van der Waals surface area contributed by atoms with Crippen molar-refractivity contribution in [2.75, 3.05) is 11.1 Å². The van der Waals surface area contributed by atoms with Gasteiger partial charge in [0.15, 0.2) is 0 Å². The highest BCUT2D eigenvalue weighted by Gasteiger charge is 2.08. The minimum Gasteiger partial charge on any atom is -0.397 e. The van der Waals surface area contributed by atoms with Gasteiger partial charge in [-0.1, -0.05) is 17.7 Å². The number of aromatic nitrogens is 2. The molecule has 0 spiro atoms. The molecule has 0 aliphatic heterocycles. The molecule has 90 valence electrons. The zero-order valence-corrected chi connectivity index (χ0v) is 10.4. The Bertz CT molecular complexity index is 461. The van der Waals surface area contributed by atoms with E-state index in [9.17, 15) is 0 Å². The molecule has 0 bridgehead atoms. The van der Waals surface area contributed by atoms with Crippen LogP contribution in [0.4, 0.5) is 11.4 Å². The lowest BCUT2D eigenvalue weighted by Crippen LogP contribution is -2.22. The number of nitrogens with one attached hydrogen (secondary N) is 1. The maximum absolute atomic E-state index is 6.09. The van der Waals surface area contributed by atoms with Gasteiger partial charge >= 0.3 is 0 Å². The van der Waals surface area contributed by atoms with E-state index in [2.05, 4.69) is 17.2 Å². The third kappa shape index (κ3) is 2.91. The number of nitrogens with zero attached hydrogens (tertiary/aromatic N) is 2. The summed E-state index contributed by atoms with van der Waals surface area (Å²) in [6.07, 6.45) is 5.47. The van der Waals surface area contributed by atoms with Gasteiger partial charge in [-0.2, -0.15) is 0 Å². The minimum absolute atomic E-state index is 0.214. The Morgan fingerprint density at radius 3 is 3.00 bits per heavy atom. The highest BCUT2D eigenvalue weighted by molar-refractivity contribution is 6.33. The van der Waals surface area contributed by atoms with Gasteiger partial charge in [0, 0.05) is 25.0 Å². The molecule has 4 nitrogen and oxygen atoms in total. The van der Waals surface area contributed by atoms with Crippen LogP contribution in [-0.2, 0) is 6.54 Å². The van der Waals surface area contributed by atoms with E-state index in [1.165, 1.54) is 0 Å². The maximum atomic E-state index is 6.09. The molecule has 0 fully saturated rings. The van der Waals surface area contributed by atoms with Crippen LogP contribution in [0.3, 0.4) is 0 Å². The van der Waals surface area contributed by atoms with E-state index in [0.717, 1.165) is 12.2 Å². The quantitative estimate of drug-likeness (QED) is 0.821. The fourth-order valence-electron chi connectivity index (χ4n) is 1.70. The van der Waals surface area contributed by atoms with Gasteiger partial charge in [0.25, 0.3) is 0 Å². The van der Waals surface area contributed by atoms with Crippen molar-refractivity contribution in [1.82, 2.24) is 9.55 Å². The van der Waals surface area contributed by atoms with E-state index >= 15 is 0 Å². The predicted octanol–water partition coefficient (Wildman–Crippen LogP) is 2.62. The average molecular weight is 251 g/mol. The van der Waals surface area contributed by atoms with Crippen molar-refractivity contribution >= 4 is 23.0 Å². The van der Waals surface area contributed by atoms with Crippen LogP contribution in [0.5, 0.6) is 0 Å². The molecule has 0 aliphatic carbocycles. The van der Waals surface area contributed by atoms with Crippen molar-refractivity contribution in [3.63, 3.8) is 0 Å². The van der Waals surface area contributed by atoms with Gasteiger partial charge in [-0.25, -0.2) is 4.98 Å². The molecular weight excluding hydrogens is 236 g/mol. The molecule has 0 aliphatic rings. The first kappa shape index (κ1) is 11.8. The molecular formula is C12H15ClN4. The number of anilines is 2. The molecule has 0 amide bonds. The molecule has 1 aromatic carbocycles. The summed E-state index contributed by atoms with van der Waals surface area (Å²) in [6.45, 7) is 2.88. The predicted molar refractivity (Wildman–Crippen MR) is 71.2 cm³/mol. The van der Waals surface area contributed by atoms with Gasteiger partial charge in [-0.3, -0.25) is 0 Å². The molecule has 1 heterocycles. The van der Waals surface area contributed by atoms with Crippen molar-refractivity contribution in [3.8, 4) is 0 Å². The molecule has 3 N–H and O–H groups in total. The van der Waals surface area contributed by atoms with Crippen molar-refractivity contribution in [3.05, 3.63) is 41.9 Å². The van der Waals surface area contributed by atoms with Gasteiger partial charge in [-0.05, 0) is 19.1 Å². The number of rotatable bonds is 4. The number of hydrogen-bond acceptors (Lipinski definition) is 3. The second-order valence-electron chi connectivity index (χ2n) is 4.01. The molecule has 0 saturated heterocycles. The summed E-state index contributed by atoms with van der Waals surface area (Å²) in [6, 6.07) is 5.71. The second-order valence-corrected chi connectivity index (χ2v) is 4.42. The van der Waals surface area contributed by atoms with Crippen molar-refractivity contribution in [1.29, 1.82) is 0 Å². The first-order valence-electron chi connectivity index (χ1n) is 5.43. The van der Waals surface area contributed by atoms with Gasteiger partial charge < -0.3 is 15.6 Å². The van der Waals surface area contributed by atoms with E-state index in [0.29, 0.717) is 10.7 Å². The smallest absolute Gasteiger partial charge is 0.0946 e. The number of benzene rings is 1. The third-order valence-electron chi connectivity index (χ3n) is 2.48. The van der Waals surface area contributed by atoms with Gasteiger partial charge in [0.1, 0.15) is 0 Å². The zero-order chi connectivity index (χ0) is 12.3. The molecule has 2 aromatic rings. The Balaban J connectivity index is 2.05. The Hall–Kier alpha value is -1.68. The number of nitrogen functional groups attached to an aromatic ring is 1. The number of hydrogen-bond donors (Lipinski definition) is 2. The summed E-state index contributed by atoms with van der Waals surface area (Å²) in [5, 5.41) is 3.95. The molecule has 0 saturated carbocycles. The largest absolute Gasteiger partial charge is 0.397 e. The summed E-state index contributed by atoms with van der Waals surface area (Å²) < 4.78 is 2.00. The first-order chi connectivity index (χ1) is 8.16. The Morgan fingerprint density at radius 1 is 1.53 bits per heavy atom. The highest BCUT2D eigenvalue weighted by Crippen LogP contribution is 2.28. The summed E-state index contributed by atoms with van der Waals surface area (Å²) >= 11 is 6.09. The van der Waals surface area contributed by atoms with Gasteiger partial charge in [-0.15, -0.1) is 0 Å². The first-order valence-corrected chi connectivity index (χ1v) is 5.81. The SMILES string of the molecule is CC(Cn1ccnc1)Nc1c(N)cccc1Cl. The number of halogens is 1. The summed E-state index contributed by atoms with van der Waals surface area (Å²) in [5.41, 5.74) is 7.33. The Morgan fingerprint density at radius 2 is 2.35 bits per heavy atom. The van der Waals surface area contributed by atoms with Crippen LogP contribution >= 0.6 is 11.6 Å². The second kappa shape index (κ2) is 5.10. The summed E-state index contributed by atoms with van der Waals surface area (Å²) in [5.74, 6) is 0.